The normalized spacial score (nSPS) is 10.5. The summed E-state index contributed by atoms with van der Waals surface area (Å²) in [5, 5.41) is 15.8. The van der Waals surface area contributed by atoms with Gasteiger partial charge in [-0.25, -0.2) is 4.72 Å². The first kappa shape index (κ1) is 16.3. The number of nitriles is 1. The van der Waals surface area contributed by atoms with Gasteiger partial charge >= 0.3 is 0 Å². The Bertz CT molecular complexity index is 903. The molecule has 0 amide bonds. The Labute approximate surface area is 144 Å². The summed E-state index contributed by atoms with van der Waals surface area (Å²) in [6, 6.07) is 16.0. The second kappa shape index (κ2) is 7.32. The molecule has 24 heavy (non-hydrogen) atoms. The van der Waals surface area contributed by atoms with E-state index in [0.29, 0.717) is 12.1 Å². The number of pyridine rings is 1. The number of ether oxygens (including phenoxy) is 1. The van der Waals surface area contributed by atoms with Gasteiger partial charge in [-0.3, -0.25) is 10.1 Å². The van der Waals surface area contributed by atoms with Crippen molar-refractivity contribution >= 4 is 23.0 Å². The van der Waals surface area contributed by atoms with Crippen molar-refractivity contribution in [1.82, 2.24) is 9.71 Å². The predicted molar refractivity (Wildman–Crippen MR) is 97.1 cm³/mol. The van der Waals surface area contributed by atoms with Crippen LogP contribution in [0.5, 0.6) is 5.75 Å². The van der Waals surface area contributed by atoms with Gasteiger partial charge in [0.1, 0.15) is 11.8 Å². The van der Waals surface area contributed by atoms with Crippen LogP contribution in [0.1, 0.15) is 11.1 Å². The van der Waals surface area contributed by atoms with Crippen molar-refractivity contribution in [2.24, 2.45) is 5.14 Å². The van der Waals surface area contributed by atoms with Crippen LogP contribution in [0.3, 0.4) is 0 Å². The minimum atomic E-state index is 0.541. The predicted octanol–water partition coefficient (Wildman–Crippen LogP) is 3.39. The summed E-state index contributed by atoms with van der Waals surface area (Å²) in [6.45, 7) is 0.678. The summed E-state index contributed by atoms with van der Waals surface area (Å²) in [6.07, 6.45) is 1.62. The molecule has 1 heterocycles. The molecule has 0 spiro atoms. The van der Waals surface area contributed by atoms with Crippen LogP contribution >= 0.6 is 12.1 Å². The van der Waals surface area contributed by atoms with Crippen LogP contribution in [0.15, 0.2) is 48.7 Å². The van der Waals surface area contributed by atoms with E-state index in [1.807, 2.05) is 42.5 Å². The van der Waals surface area contributed by atoms with Crippen molar-refractivity contribution in [3.63, 3.8) is 0 Å². The summed E-state index contributed by atoms with van der Waals surface area (Å²) in [4.78, 5) is 4.37. The maximum absolute atomic E-state index is 9.49. The molecule has 0 saturated carbocycles. The average molecular weight is 336 g/mol. The second-order valence-corrected chi connectivity index (χ2v) is 5.70. The molecule has 0 aliphatic rings. The Kier molecular flexibility index (Phi) is 4.96. The molecule has 0 aliphatic heterocycles. The van der Waals surface area contributed by atoms with Gasteiger partial charge < -0.3 is 4.74 Å². The largest absolute Gasteiger partial charge is 0.497 e. The van der Waals surface area contributed by atoms with E-state index in [2.05, 4.69) is 15.8 Å². The molecule has 0 radical (unpaired) electrons. The molecule has 3 aromatic rings. The Morgan fingerprint density at radius 2 is 2.04 bits per heavy atom. The van der Waals surface area contributed by atoms with E-state index in [9.17, 15) is 5.26 Å². The van der Waals surface area contributed by atoms with Crippen molar-refractivity contribution in [3.8, 4) is 22.9 Å². The van der Waals surface area contributed by atoms with Gasteiger partial charge in [0.05, 0.1) is 18.2 Å². The number of methoxy groups -OCH3 is 1. The minimum absolute atomic E-state index is 0.541. The SMILES string of the molecule is COc1ccc2ncc(C#N)c(-c3ccc(CNSN)cc3)c2c1. The van der Waals surface area contributed by atoms with Crippen LogP contribution in [0, 0.1) is 11.3 Å². The first-order valence-corrected chi connectivity index (χ1v) is 8.19. The lowest BCUT2D eigenvalue weighted by Gasteiger charge is -2.11. The highest BCUT2D eigenvalue weighted by atomic mass is 32.2. The van der Waals surface area contributed by atoms with Crippen molar-refractivity contribution in [3.05, 3.63) is 59.8 Å². The van der Waals surface area contributed by atoms with Crippen LogP contribution < -0.4 is 14.6 Å². The molecular weight excluding hydrogens is 320 g/mol. The molecule has 3 N–H and O–H groups in total. The number of nitrogens with one attached hydrogen (secondary N) is 1. The molecule has 0 bridgehead atoms. The Balaban J connectivity index is 2.14. The van der Waals surface area contributed by atoms with Gasteiger partial charge in [-0.1, -0.05) is 24.3 Å². The van der Waals surface area contributed by atoms with Crippen molar-refractivity contribution in [1.29, 1.82) is 5.26 Å². The zero-order chi connectivity index (χ0) is 16.9. The zero-order valence-electron chi connectivity index (χ0n) is 13.1. The van der Waals surface area contributed by atoms with E-state index in [1.54, 1.807) is 13.3 Å². The first-order valence-electron chi connectivity index (χ1n) is 7.31. The summed E-state index contributed by atoms with van der Waals surface area (Å²) in [5.41, 5.74) is 4.32. The Hall–Kier alpha value is -2.59. The molecule has 0 aliphatic carbocycles. The average Bonchev–Trinajstić information content (AvgIpc) is 2.65. The highest BCUT2D eigenvalue weighted by Crippen LogP contribution is 2.33. The molecule has 0 atom stereocenters. The van der Waals surface area contributed by atoms with Crippen LogP contribution in [0.25, 0.3) is 22.0 Å². The van der Waals surface area contributed by atoms with Crippen LogP contribution in [-0.2, 0) is 6.54 Å². The lowest BCUT2D eigenvalue weighted by Crippen LogP contribution is -2.05. The van der Waals surface area contributed by atoms with Crippen molar-refractivity contribution < 1.29 is 4.74 Å². The molecule has 0 fully saturated rings. The summed E-state index contributed by atoms with van der Waals surface area (Å²) >= 11 is 1.09. The summed E-state index contributed by atoms with van der Waals surface area (Å²) in [5.74, 6) is 0.737. The molecule has 3 rings (SSSR count). The first-order chi connectivity index (χ1) is 11.8. The maximum atomic E-state index is 9.49. The van der Waals surface area contributed by atoms with Gasteiger partial charge in [0.25, 0.3) is 0 Å². The van der Waals surface area contributed by atoms with Crippen LogP contribution in [0.4, 0.5) is 0 Å². The molecule has 0 unspecified atom stereocenters. The van der Waals surface area contributed by atoms with Gasteiger partial charge in [-0.05, 0) is 29.3 Å². The third-order valence-corrected chi connectivity index (χ3v) is 4.11. The molecular formula is C18H16N4OS. The van der Waals surface area contributed by atoms with E-state index >= 15 is 0 Å². The smallest absolute Gasteiger partial charge is 0.119 e. The fourth-order valence-electron chi connectivity index (χ4n) is 2.61. The second-order valence-electron chi connectivity index (χ2n) is 5.18. The molecule has 5 nitrogen and oxygen atoms in total. The minimum Gasteiger partial charge on any atom is -0.497 e. The maximum Gasteiger partial charge on any atom is 0.119 e. The van der Waals surface area contributed by atoms with E-state index in [-0.39, 0.29) is 0 Å². The quantitative estimate of drug-likeness (QED) is 0.695. The number of nitrogens with two attached hydrogens (primary N) is 1. The van der Waals surface area contributed by atoms with Crippen molar-refractivity contribution in [2.75, 3.05) is 7.11 Å². The Morgan fingerprint density at radius 1 is 1.25 bits per heavy atom. The number of nitrogens with zero attached hydrogens (tertiary/aromatic N) is 2. The fraction of sp³-hybridized carbons (Fsp3) is 0.111. The van der Waals surface area contributed by atoms with Crippen LogP contribution in [-0.4, -0.2) is 12.1 Å². The van der Waals surface area contributed by atoms with Gasteiger partial charge in [0, 0.05) is 35.8 Å². The fourth-order valence-corrected chi connectivity index (χ4v) is 2.86. The molecule has 6 heteroatoms. The van der Waals surface area contributed by atoms with Crippen molar-refractivity contribution in [2.45, 2.75) is 6.54 Å². The lowest BCUT2D eigenvalue weighted by atomic mass is 9.96. The zero-order valence-corrected chi connectivity index (χ0v) is 13.9. The highest BCUT2D eigenvalue weighted by Gasteiger charge is 2.12. The van der Waals surface area contributed by atoms with Gasteiger partial charge in [-0.2, -0.15) is 5.26 Å². The summed E-state index contributed by atoms with van der Waals surface area (Å²) < 4.78 is 8.32. The standard InChI is InChI=1S/C18H16N4OS/c1-23-15-6-7-17-16(8-15)18(14(9-19)11-21-17)13-4-2-12(3-5-13)10-22-24-20/h2-8,11,22H,10,20H2,1H3. The van der Waals surface area contributed by atoms with Gasteiger partial charge in [0.15, 0.2) is 0 Å². The van der Waals surface area contributed by atoms with E-state index < -0.39 is 0 Å². The third kappa shape index (κ3) is 3.19. The molecule has 2 aromatic carbocycles. The van der Waals surface area contributed by atoms with E-state index in [4.69, 9.17) is 9.88 Å². The van der Waals surface area contributed by atoms with E-state index in [1.165, 1.54) is 0 Å². The number of benzene rings is 2. The highest BCUT2D eigenvalue weighted by molar-refractivity contribution is 7.95. The van der Waals surface area contributed by atoms with E-state index in [0.717, 1.165) is 45.5 Å². The number of aromatic nitrogens is 1. The lowest BCUT2D eigenvalue weighted by molar-refractivity contribution is 0.415. The number of fused-ring (bicyclic) bond motifs is 1. The van der Waals surface area contributed by atoms with Gasteiger partial charge in [0.2, 0.25) is 0 Å². The topological polar surface area (TPSA) is 84.0 Å². The molecule has 120 valence electrons. The third-order valence-electron chi connectivity index (χ3n) is 3.80. The monoisotopic (exact) mass is 336 g/mol. The molecule has 1 aromatic heterocycles. The van der Waals surface area contributed by atoms with Gasteiger partial charge in [-0.15, -0.1) is 0 Å². The summed E-state index contributed by atoms with van der Waals surface area (Å²) in [7, 11) is 1.62. The molecule has 0 saturated heterocycles. The number of hydrogen-bond acceptors (Lipinski definition) is 6. The number of rotatable bonds is 5. The number of hydrogen-bond donors (Lipinski definition) is 2. The van der Waals surface area contributed by atoms with Crippen LogP contribution in [0.2, 0.25) is 0 Å². The Morgan fingerprint density at radius 3 is 2.71 bits per heavy atom.